The number of rotatable bonds is 5. The molecule has 3 unspecified atom stereocenters. The van der Waals surface area contributed by atoms with Crippen molar-refractivity contribution in [1.29, 1.82) is 0 Å². The molecule has 3 atom stereocenters. The summed E-state index contributed by atoms with van der Waals surface area (Å²) in [5, 5.41) is 3.71. The molecule has 1 fully saturated rings. The Bertz CT molecular complexity index is 434. The summed E-state index contributed by atoms with van der Waals surface area (Å²) in [6.45, 7) is 3.05. The Balaban J connectivity index is 2.16. The van der Waals surface area contributed by atoms with Crippen LogP contribution in [0.25, 0.3) is 0 Å². The molecule has 0 aromatic heterocycles. The SMILES string of the molecule is CCNC1CCCCC1S(=O)c1cccc(OC)c1. The minimum Gasteiger partial charge on any atom is -0.497 e. The van der Waals surface area contributed by atoms with Crippen molar-refractivity contribution in [2.24, 2.45) is 0 Å². The second-order valence-corrected chi connectivity index (χ2v) is 6.64. The highest BCUT2D eigenvalue weighted by Crippen LogP contribution is 2.27. The third-order valence-electron chi connectivity index (χ3n) is 3.72. The molecule has 0 amide bonds. The van der Waals surface area contributed by atoms with E-state index in [-0.39, 0.29) is 5.25 Å². The van der Waals surface area contributed by atoms with Crippen LogP contribution in [0.4, 0.5) is 0 Å². The lowest BCUT2D eigenvalue weighted by atomic mass is 9.95. The summed E-state index contributed by atoms with van der Waals surface area (Å²) in [7, 11) is 0.687. The number of ether oxygens (including phenoxy) is 1. The summed E-state index contributed by atoms with van der Waals surface area (Å²) in [6, 6.07) is 8.02. The van der Waals surface area contributed by atoms with Gasteiger partial charge in [-0.05, 0) is 37.6 Å². The van der Waals surface area contributed by atoms with Crippen molar-refractivity contribution in [3.05, 3.63) is 24.3 Å². The average Bonchev–Trinajstić information content (AvgIpc) is 2.47. The Morgan fingerprint density at radius 3 is 2.89 bits per heavy atom. The molecule has 0 aliphatic heterocycles. The summed E-state index contributed by atoms with van der Waals surface area (Å²) in [6.07, 6.45) is 4.60. The van der Waals surface area contributed by atoms with Crippen LogP contribution in [0.3, 0.4) is 0 Å². The zero-order chi connectivity index (χ0) is 13.7. The van der Waals surface area contributed by atoms with E-state index < -0.39 is 10.8 Å². The number of methoxy groups -OCH3 is 1. The van der Waals surface area contributed by atoms with E-state index in [1.807, 2.05) is 24.3 Å². The van der Waals surface area contributed by atoms with Crippen molar-refractivity contribution >= 4 is 10.8 Å². The van der Waals surface area contributed by atoms with E-state index in [9.17, 15) is 4.21 Å². The second-order valence-electron chi connectivity index (χ2n) is 4.96. The monoisotopic (exact) mass is 281 g/mol. The molecule has 1 N–H and O–H groups in total. The molecule has 1 aromatic rings. The first-order valence-corrected chi connectivity index (χ1v) is 8.25. The topological polar surface area (TPSA) is 38.3 Å². The standard InChI is InChI=1S/C15H23NO2S/c1-3-16-14-9-4-5-10-15(14)19(17)13-8-6-7-12(11-13)18-2/h6-8,11,14-16H,3-5,9-10H2,1-2H3. The van der Waals surface area contributed by atoms with Crippen LogP contribution in [0.2, 0.25) is 0 Å². The molecular weight excluding hydrogens is 258 g/mol. The van der Waals surface area contributed by atoms with Gasteiger partial charge < -0.3 is 10.1 Å². The fourth-order valence-corrected chi connectivity index (χ4v) is 4.46. The van der Waals surface area contributed by atoms with Gasteiger partial charge in [0.1, 0.15) is 5.75 Å². The number of benzene rings is 1. The third kappa shape index (κ3) is 3.57. The highest BCUT2D eigenvalue weighted by atomic mass is 32.2. The Kier molecular flexibility index (Phi) is 5.40. The van der Waals surface area contributed by atoms with Crippen LogP contribution in [-0.4, -0.2) is 29.2 Å². The molecule has 4 heteroatoms. The molecular formula is C15H23NO2S. The summed E-state index contributed by atoms with van der Waals surface area (Å²) >= 11 is 0. The van der Waals surface area contributed by atoms with Gasteiger partial charge in [-0.25, -0.2) is 0 Å². The lowest BCUT2D eigenvalue weighted by molar-refractivity contribution is 0.384. The normalized spacial score (nSPS) is 24.9. The Morgan fingerprint density at radius 1 is 1.37 bits per heavy atom. The number of hydrogen-bond acceptors (Lipinski definition) is 3. The van der Waals surface area contributed by atoms with Crippen LogP contribution in [0, 0.1) is 0 Å². The highest BCUT2D eigenvalue weighted by molar-refractivity contribution is 7.85. The maximum Gasteiger partial charge on any atom is 0.120 e. The molecule has 0 saturated heterocycles. The van der Waals surface area contributed by atoms with Gasteiger partial charge in [0.15, 0.2) is 0 Å². The predicted octanol–water partition coefficient (Wildman–Crippen LogP) is 2.72. The predicted molar refractivity (Wildman–Crippen MR) is 79.1 cm³/mol. The fourth-order valence-electron chi connectivity index (χ4n) is 2.75. The molecule has 0 spiro atoms. The van der Waals surface area contributed by atoms with Crippen LogP contribution in [-0.2, 0) is 10.8 Å². The van der Waals surface area contributed by atoms with Crippen molar-refractivity contribution in [3.8, 4) is 5.75 Å². The maximum absolute atomic E-state index is 12.8. The van der Waals surface area contributed by atoms with Crippen molar-refractivity contribution in [1.82, 2.24) is 5.32 Å². The zero-order valence-electron chi connectivity index (χ0n) is 11.7. The van der Waals surface area contributed by atoms with Crippen LogP contribution >= 0.6 is 0 Å². The molecule has 1 saturated carbocycles. The summed E-state index contributed by atoms with van der Waals surface area (Å²) in [4.78, 5) is 0.883. The minimum absolute atomic E-state index is 0.223. The van der Waals surface area contributed by atoms with Crippen LogP contribution in [0.1, 0.15) is 32.6 Å². The van der Waals surface area contributed by atoms with E-state index in [0.717, 1.165) is 30.0 Å². The van der Waals surface area contributed by atoms with E-state index >= 15 is 0 Å². The van der Waals surface area contributed by atoms with Crippen LogP contribution in [0.15, 0.2) is 29.2 Å². The van der Waals surface area contributed by atoms with Crippen molar-refractivity contribution in [2.75, 3.05) is 13.7 Å². The lowest BCUT2D eigenvalue weighted by Gasteiger charge is -2.31. The largest absolute Gasteiger partial charge is 0.497 e. The Morgan fingerprint density at radius 2 is 2.16 bits per heavy atom. The van der Waals surface area contributed by atoms with Gasteiger partial charge in [0.2, 0.25) is 0 Å². The Hall–Kier alpha value is -0.870. The van der Waals surface area contributed by atoms with Gasteiger partial charge in [0, 0.05) is 10.9 Å². The number of hydrogen-bond donors (Lipinski definition) is 1. The maximum atomic E-state index is 12.8. The quantitative estimate of drug-likeness (QED) is 0.902. The Labute approximate surface area is 118 Å². The molecule has 106 valence electrons. The summed E-state index contributed by atoms with van der Waals surface area (Å²) in [5.74, 6) is 0.779. The first-order chi connectivity index (χ1) is 9.26. The van der Waals surface area contributed by atoms with Gasteiger partial charge in [-0.15, -0.1) is 0 Å². The van der Waals surface area contributed by atoms with Crippen molar-refractivity contribution in [3.63, 3.8) is 0 Å². The molecule has 3 nitrogen and oxygen atoms in total. The first-order valence-electron chi connectivity index (χ1n) is 7.04. The first kappa shape index (κ1) is 14.5. The molecule has 1 aromatic carbocycles. The van der Waals surface area contributed by atoms with E-state index in [4.69, 9.17) is 4.74 Å². The molecule has 0 heterocycles. The molecule has 0 radical (unpaired) electrons. The summed E-state index contributed by atoms with van der Waals surface area (Å²) < 4.78 is 18.0. The van der Waals surface area contributed by atoms with Gasteiger partial charge >= 0.3 is 0 Å². The lowest BCUT2D eigenvalue weighted by Crippen LogP contribution is -2.44. The van der Waals surface area contributed by atoms with Gasteiger partial charge in [-0.1, -0.05) is 25.8 Å². The van der Waals surface area contributed by atoms with E-state index in [0.29, 0.717) is 6.04 Å². The van der Waals surface area contributed by atoms with Gasteiger partial charge in [0.05, 0.1) is 23.2 Å². The van der Waals surface area contributed by atoms with Crippen LogP contribution < -0.4 is 10.1 Å². The molecule has 19 heavy (non-hydrogen) atoms. The molecule has 0 bridgehead atoms. The van der Waals surface area contributed by atoms with E-state index in [1.54, 1.807) is 7.11 Å². The molecule has 1 aliphatic rings. The van der Waals surface area contributed by atoms with Crippen LogP contribution in [0.5, 0.6) is 5.75 Å². The zero-order valence-corrected chi connectivity index (χ0v) is 12.5. The molecule has 1 aliphatic carbocycles. The minimum atomic E-state index is -0.956. The third-order valence-corrected chi connectivity index (χ3v) is 5.55. The van der Waals surface area contributed by atoms with Gasteiger partial charge in [-0.3, -0.25) is 4.21 Å². The summed E-state index contributed by atoms with van der Waals surface area (Å²) in [5.41, 5.74) is 0. The molecule has 2 rings (SSSR count). The number of nitrogens with one attached hydrogen (secondary N) is 1. The van der Waals surface area contributed by atoms with Crippen molar-refractivity contribution < 1.29 is 8.95 Å². The fraction of sp³-hybridized carbons (Fsp3) is 0.600. The van der Waals surface area contributed by atoms with Gasteiger partial charge in [-0.2, -0.15) is 0 Å². The van der Waals surface area contributed by atoms with Crippen molar-refractivity contribution in [2.45, 2.75) is 48.8 Å². The smallest absolute Gasteiger partial charge is 0.120 e. The van der Waals surface area contributed by atoms with E-state index in [1.165, 1.54) is 12.8 Å². The second kappa shape index (κ2) is 7.06. The highest BCUT2D eigenvalue weighted by Gasteiger charge is 2.30. The average molecular weight is 281 g/mol. The van der Waals surface area contributed by atoms with E-state index in [2.05, 4.69) is 12.2 Å². The van der Waals surface area contributed by atoms with Gasteiger partial charge in [0.25, 0.3) is 0 Å².